The molecule has 8 heteroatoms. The summed E-state index contributed by atoms with van der Waals surface area (Å²) < 4.78 is 10.7. The third-order valence-electron chi connectivity index (χ3n) is 5.18. The summed E-state index contributed by atoms with van der Waals surface area (Å²) in [7, 11) is 1.68. The Morgan fingerprint density at radius 3 is 2.58 bits per heavy atom. The van der Waals surface area contributed by atoms with E-state index in [1.165, 1.54) is 0 Å². The van der Waals surface area contributed by atoms with Crippen molar-refractivity contribution < 1.29 is 14.6 Å². The topological polar surface area (TPSA) is 78.4 Å². The summed E-state index contributed by atoms with van der Waals surface area (Å²) in [6.07, 6.45) is 0. The summed E-state index contributed by atoms with van der Waals surface area (Å²) in [5.74, 6) is 1.56. The van der Waals surface area contributed by atoms with Crippen LogP contribution in [0.25, 0.3) is 10.8 Å². The van der Waals surface area contributed by atoms with Crippen molar-refractivity contribution in [1.82, 2.24) is 15.5 Å². The summed E-state index contributed by atoms with van der Waals surface area (Å²) >= 11 is 0. The van der Waals surface area contributed by atoms with E-state index in [9.17, 15) is 5.11 Å². The number of aliphatic hydroxyl groups is 1. The molecule has 7 nitrogen and oxygen atoms in total. The Morgan fingerprint density at radius 1 is 1.16 bits per heavy atom. The number of methoxy groups -OCH3 is 1. The largest absolute Gasteiger partial charge is 0.497 e. The quantitative estimate of drug-likeness (QED) is 0.271. The molecule has 0 aromatic heterocycles. The van der Waals surface area contributed by atoms with Gasteiger partial charge in [0.2, 0.25) is 0 Å². The van der Waals surface area contributed by atoms with Gasteiger partial charge in [0.05, 0.1) is 32.5 Å². The molecule has 1 saturated heterocycles. The zero-order chi connectivity index (χ0) is 21.4. The maximum Gasteiger partial charge on any atom is 0.191 e. The molecule has 1 atom stereocenters. The van der Waals surface area contributed by atoms with Gasteiger partial charge in [-0.3, -0.25) is 4.90 Å². The molecule has 1 fully saturated rings. The van der Waals surface area contributed by atoms with Crippen LogP contribution in [0.5, 0.6) is 5.75 Å². The predicted octanol–water partition coefficient (Wildman–Crippen LogP) is 2.60. The number of β-amino-alcohol motifs (C(OH)–C–C–N with tert-alkyl or cyclic N) is 1. The lowest BCUT2D eigenvalue weighted by Gasteiger charge is -2.34. The molecular weight excluding hydrogens is 507 g/mol. The number of morpholine rings is 1. The van der Waals surface area contributed by atoms with E-state index in [1.54, 1.807) is 7.11 Å². The van der Waals surface area contributed by atoms with E-state index in [4.69, 9.17) is 14.5 Å². The number of guanidine groups is 1. The fourth-order valence-corrected chi connectivity index (χ4v) is 3.58. The lowest BCUT2D eigenvalue weighted by atomic mass is 10.1. The number of nitrogens with zero attached hydrogens (tertiary/aromatic N) is 2. The van der Waals surface area contributed by atoms with Gasteiger partial charge in [0.25, 0.3) is 0 Å². The number of halogens is 1. The lowest BCUT2D eigenvalue weighted by molar-refractivity contribution is -0.0201. The van der Waals surface area contributed by atoms with E-state index in [0.29, 0.717) is 25.6 Å². The van der Waals surface area contributed by atoms with Crippen molar-refractivity contribution in [3.63, 3.8) is 0 Å². The Hall–Kier alpha value is -1.62. The van der Waals surface area contributed by atoms with Crippen molar-refractivity contribution in [2.45, 2.75) is 26.0 Å². The summed E-state index contributed by atoms with van der Waals surface area (Å²) in [5.41, 5.74) is 0.278. The number of nitrogens with one attached hydrogen (secondary N) is 2. The van der Waals surface area contributed by atoms with Gasteiger partial charge in [-0.25, -0.2) is 4.99 Å². The number of rotatable bonds is 8. The number of hydrogen-bond donors (Lipinski definition) is 3. The first-order chi connectivity index (χ1) is 14.5. The molecule has 0 spiro atoms. The second-order valence-corrected chi connectivity index (χ2v) is 7.98. The molecule has 1 unspecified atom stereocenters. The van der Waals surface area contributed by atoms with Crippen LogP contribution in [0.3, 0.4) is 0 Å². The molecule has 172 valence electrons. The summed E-state index contributed by atoms with van der Waals surface area (Å²) in [5, 5.41) is 19.6. The van der Waals surface area contributed by atoms with Crippen molar-refractivity contribution in [1.29, 1.82) is 0 Å². The van der Waals surface area contributed by atoms with E-state index in [0.717, 1.165) is 54.9 Å². The molecule has 2 aromatic carbocycles. The minimum atomic E-state index is -0.852. The molecule has 0 amide bonds. The van der Waals surface area contributed by atoms with E-state index in [-0.39, 0.29) is 24.0 Å². The highest BCUT2D eigenvalue weighted by Crippen LogP contribution is 2.22. The van der Waals surface area contributed by atoms with Crippen LogP contribution in [0.15, 0.2) is 41.4 Å². The molecule has 0 radical (unpaired) electrons. The number of fused-ring (bicyclic) bond motifs is 1. The molecule has 0 saturated carbocycles. The van der Waals surface area contributed by atoms with E-state index in [1.807, 2.05) is 26.0 Å². The number of aliphatic imine (C=N–C) groups is 1. The monoisotopic (exact) mass is 542 g/mol. The normalized spacial score (nSPS) is 17.0. The number of ether oxygens (including phenoxy) is 2. The SMILES string of the molecule is CCNC(=NCc1ccc2cc(OC)ccc2c1)NCC(C)(O)CN1CCOCC1.I. The first kappa shape index (κ1) is 25.6. The van der Waals surface area contributed by atoms with Gasteiger partial charge in [0.1, 0.15) is 5.75 Å². The van der Waals surface area contributed by atoms with Crippen LogP contribution in [0, 0.1) is 0 Å². The highest BCUT2D eigenvalue weighted by Gasteiger charge is 2.25. The van der Waals surface area contributed by atoms with Crippen molar-refractivity contribution in [2.75, 3.05) is 53.0 Å². The highest BCUT2D eigenvalue weighted by molar-refractivity contribution is 14.0. The molecular formula is C23H35IN4O3. The third kappa shape index (κ3) is 8.10. The van der Waals surface area contributed by atoms with Crippen LogP contribution in [0.4, 0.5) is 0 Å². The second-order valence-electron chi connectivity index (χ2n) is 7.98. The second kappa shape index (κ2) is 12.4. The molecule has 31 heavy (non-hydrogen) atoms. The summed E-state index contributed by atoms with van der Waals surface area (Å²) in [4.78, 5) is 6.93. The number of hydrogen-bond acceptors (Lipinski definition) is 5. The fourth-order valence-electron chi connectivity index (χ4n) is 3.58. The predicted molar refractivity (Wildman–Crippen MR) is 137 cm³/mol. The average Bonchev–Trinajstić information content (AvgIpc) is 2.75. The molecule has 2 aromatic rings. The molecule has 1 aliphatic heterocycles. The molecule has 3 rings (SSSR count). The van der Waals surface area contributed by atoms with Gasteiger partial charge in [-0.05, 0) is 48.4 Å². The highest BCUT2D eigenvalue weighted by atomic mass is 127. The average molecular weight is 542 g/mol. The molecule has 1 heterocycles. The van der Waals surface area contributed by atoms with Crippen LogP contribution in [-0.2, 0) is 11.3 Å². The molecule has 0 bridgehead atoms. The lowest BCUT2D eigenvalue weighted by Crippen LogP contribution is -2.52. The van der Waals surface area contributed by atoms with Crippen LogP contribution in [-0.4, -0.2) is 74.6 Å². The Morgan fingerprint density at radius 2 is 1.87 bits per heavy atom. The van der Waals surface area contributed by atoms with Gasteiger partial charge in [-0.15, -0.1) is 24.0 Å². The Labute approximate surface area is 202 Å². The fraction of sp³-hybridized carbons (Fsp3) is 0.522. The maximum absolute atomic E-state index is 10.8. The summed E-state index contributed by atoms with van der Waals surface area (Å²) in [6.45, 7) is 9.42. The van der Waals surface area contributed by atoms with Crippen LogP contribution in [0.1, 0.15) is 19.4 Å². The Kier molecular flexibility index (Phi) is 10.3. The van der Waals surface area contributed by atoms with Gasteiger partial charge in [-0.2, -0.15) is 0 Å². The third-order valence-corrected chi connectivity index (χ3v) is 5.18. The van der Waals surface area contributed by atoms with E-state index >= 15 is 0 Å². The zero-order valence-electron chi connectivity index (χ0n) is 18.7. The van der Waals surface area contributed by atoms with Gasteiger partial charge < -0.3 is 25.2 Å². The Bertz CT molecular complexity index is 854. The first-order valence-corrected chi connectivity index (χ1v) is 10.6. The minimum absolute atomic E-state index is 0. The number of benzene rings is 2. The van der Waals surface area contributed by atoms with Crippen LogP contribution in [0.2, 0.25) is 0 Å². The van der Waals surface area contributed by atoms with E-state index in [2.05, 4.69) is 39.8 Å². The minimum Gasteiger partial charge on any atom is -0.497 e. The first-order valence-electron chi connectivity index (χ1n) is 10.6. The van der Waals surface area contributed by atoms with Crippen molar-refractivity contribution in [3.05, 3.63) is 42.0 Å². The van der Waals surface area contributed by atoms with Gasteiger partial charge in [0.15, 0.2) is 5.96 Å². The van der Waals surface area contributed by atoms with Crippen molar-refractivity contribution in [3.8, 4) is 5.75 Å². The molecule has 0 aliphatic carbocycles. The Balaban J connectivity index is 0.00000341. The zero-order valence-corrected chi connectivity index (χ0v) is 21.0. The van der Waals surface area contributed by atoms with Crippen LogP contribution < -0.4 is 15.4 Å². The smallest absolute Gasteiger partial charge is 0.191 e. The molecule has 3 N–H and O–H groups in total. The van der Waals surface area contributed by atoms with Gasteiger partial charge in [-0.1, -0.05) is 18.2 Å². The summed E-state index contributed by atoms with van der Waals surface area (Å²) in [6, 6.07) is 12.4. The van der Waals surface area contributed by atoms with Crippen molar-refractivity contribution in [2.24, 2.45) is 4.99 Å². The van der Waals surface area contributed by atoms with Crippen LogP contribution >= 0.6 is 24.0 Å². The van der Waals surface area contributed by atoms with Gasteiger partial charge in [0, 0.05) is 32.7 Å². The van der Waals surface area contributed by atoms with Gasteiger partial charge >= 0.3 is 0 Å². The van der Waals surface area contributed by atoms with Crippen molar-refractivity contribution >= 4 is 40.7 Å². The molecule has 1 aliphatic rings. The van der Waals surface area contributed by atoms with E-state index < -0.39 is 5.60 Å². The standard InChI is InChI=1S/C23H34N4O3.HI/c1-4-24-22(26-16-23(2,28)17-27-9-11-30-12-10-27)25-15-18-5-6-20-14-21(29-3)8-7-19(20)13-18;/h5-8,13-14,28H,4,9-12,15-17H2,1-3H3,(H2,24,25,26);1H. The maximum atomic E-state index is 10.8.